The van der Waals surface area contributed by atoms with Gasteiger partial charge in [0.2, 0.25) is 0 Å². The Morgan fingerprint density at radius 3 is 1.66 bits per heavy atom. The second-order valence-electron chi connectivity index (χ2n) is 18.6. The predicted octanol–water partition coefficient (Wildman–Crippen LogP) is 11.4. The van der Waals surface area contributed by atoms with Gasteiger partial charge in [-0.2, -0.15) is 45.3 Å². The van der Waals surface area contributed by atoms with Crippen LogP contribution in [0.15, 0.2) is 219 Å². The highest BCUT2D eigenvalue weighted by Crippen LogP contribution is 2.45. The van der Waals surface area contributed by atoms with Crippen molar-refractivity contribution < 1.29 is 53.6 Å². The van der Waals surface area contributed by atoms with Crippen molar-refractivity contribution in [3.63, 3.8) is 0 Å². The number of cyclic esters (lactones) is 1. The van der Waals surface area contributed by atoms with Crippen LogP contribution in [0, 0.1) is 0 Å². The van der Waals surface area contributed by atoms with E-state index in [0.717, 1.165) is 40.2 Å². The fourth-order valence-corrected chi connectivity index (χ4v) is 13.5. The molecular weight excluding hydrogens is 1320 g/mol. The number of methoxy groups -OCH3 is 1. The lowest BCUT2D eigenvalue weighted by atomic mass is 9.82. The van der Waals surface area contributed by atoms with Gasteiger partial charge in [0.25, 0.3) is 0 Å². The van der Waals surface area contributed by atoms with E-state index in [4.69, 9.17) is 37.8 Å². The zero-order valence-corrected chi connectivity index (χ0v) is 53.5. The number of carbonyl (C=O) groups excluding carboxylic acids is 5. The van der Waals surface area contributed by atoms with Crippen molar-refractivity contribution in [2.75, 3.05) is 7.11 Å². The van der Waals surface area contributed by atoms with Crippen molar-refractivity contribution in [3.8, 4) is 0 Å². The monoisotopic (exact) mass is 1370 g/mol. The van der Waals surface area contributed by atoms with Gasteiger partial charge in [-0.15, -0.1) is 23.5 Å². The van der Waals surface area contributed by atoms with Crippen LogP contribution < -0.4 is 0 Å². The van der Waals surface area contributed by atoms with Gasteiger partial charge < -0.3 is 24.8 Å². The number of esters is 2. The molecule has 21 nitrogen and oxygen atoms in total. The number of aromatic nitrogens is 10. The Labute approximate surface area is 553 Å². The Bertz CT molecular complexity index is 4070. The van der Waals surface area contributed by atoms with Crippen molar-refractivity contribution in [3.05, 3.63) is 270 Å². The molecule has 0 spiro atoms. The first-order valence-electron chi connectivity index (χ1n) is 26.3. The molecule has 1 saturated heterocycles. The molecule has 0 saturated carbocycles. The molecule has 1 fully saturated rings. The number of aliphatic hydroxyl groups excluding tert-OH is 1. The van der Waals surface area contributed by atoms with Gasteiger partial charge in [-0.25, -0.2) is 54.6 Å². The maximum absolute atomic E-state index is 13.2. The van der Waals surface area contributed by atoms with Crippen LogP contribution in [0.2, 0.25) is 10.0 Å². The number of halogens is 2. The van der Waals surface area contributed by atoms with Gasteiger partial charge in [-0.3, -0.25) is 24.0 Å². The topological polar surface area (TPSA) is 310 Å². The number of carbonyl (C=O) groups is 6. The van der Waals surface area contributed by atoms with Crippen molar-refractivity contribution in [2.24, 2.45) is 0 Å². The minimum absolute atomic E-state index is 0.0188. The van der Waals surface area contributed by atoms with E-state index in [0.29, 0.717) is 47.7 Å². The smallest absolute Gasteiger partial charge is 0.338 e. The lowest BCUT2D eigenvalue weighted by Crippen LogP contribution is -2.47. The number of hydrogen-bond donors (Lipinski definition) is 3. The van der Waals surface area contributed by atoms with E-state index in [1.165, 1.54) is 110 Å². The number of hydrogen-bond acceptors (Lipinski definition) is 26. The number of thioether (sulfide) groups is 2. The van der Waals surface area contributed by atoms with Crippen LogP contribution in [-0.2, 0) is 39.9 Å². The Morgan fingerprint density at radius 1 is 0.615 bits per heavy atom. The molecule has 0 radical (unpaired) electrons. The number of aliphatic hydroxyl groups is 2. The summed E-state index contributed by atoms with van der Waals surface area (Å²) in [5.74, 6) is -3.05. The first kappa shape index (κ1) is 68.2. The highest BCUT2D eigenvalue weighted by Gasteiger charge is 2.50. The molecule has 1 aliphatic rings. The summed E-state index contributed by atoms with van der Waals surface area (Å²) in [5.41, 5.74) is 2.27. The van der Waals surface area contributed by atoms with Gasteiger partial charge >= 0.3 is 17.9 Å². The minimum Gasteiger partial charge on any atom is -0.478 e. The Kier molecular flexibility index (Phi) is 25.4. The van der Waals surface area contributed by atoms with Crippen LogP contribution in [-0.4, -0.2) is 118 Å². The lowest BCUT2D eigenvalue weighted by molar-refractivity contribution is -0.166. The third-order valence-electron chi connectivity index (χ3n) is 12.7. The average molecular weight is 1370 g/mol. The Hall–Kier alpha value is -8.74. The summed E-state index contributed by atoms with van der Waals surface area (Å²) in [6.07, 6.45) is 20.8. The van der Waals surface area contributed by atoms with Crippen LogP contribution in [0.4, 0.5) is 0 Å². The van der Waals surface area contributed by atoms with Crippen molar-refractivity contribution in [1.82, 2.24) is 49.8 Å². The summed E-state index contributed by atoms with van der Waals surface area (Å²) in [5, 5.41) is 43.2. The Balaban J connectivity index is 0.000000157. The van der Waals surface area contributed by atoms with Crippen LogP contribution in [0.25, 0.3) is 0 Å². The lowest BCUT2D eigenvalue weighted by Gasteiger charge is -2.38. The van der Waals surface area contributed by atoms with Crippen molar-refractivity contribution in [2.45, 2.75) is 50.4 Å². The molecule has 29 heteroatoms. The number of ketones is 3. The van der Waals surface area contributed by atoms with E-state index < -0.39 is 51.5 Å². The molecule has 2 aromatic carbocycles. The molecule has 11 aromatic rings. The summed E-state index contributed by atoms with van der Waals surface area (Å²) in [7, 11) is 1.21. The summed E-state index contributed by atoms with van der Waals surface area (Å²) >= 11 is 20.4. The third-order valence-corrected chi connectivity index (χ3v) is 19.0. The fraction of sp³-hybridized carbons (Fsp3) is 0.129. The van der Waals surface area contributed by atoms with Gasteiger partial charge in [0, 0.05) is 111 Å². The summed E-state index contributed by atoms with van der Waals surface area (Å²) in [6.45, 7) is 0. The molecule has 5 unspecified atom stereocenters. The van der Waals surface area contributed by atoms with Crippen LogP contribution in [0.1, 0.15) is 78.6 Å². The quantitative estimate of drug-likeness (QED) is 0.0330. The molecule has 0 aliphatic carbocycles. The number of carboxylic acids is 1. The normalized spacial score (nSPS) is 15.2. The van der Waals surface area contributed by atoms with E-state index in [-0.39, 0.29) is 30.0 Å². The van der Waals surface area contributed by atoms with Gasteiger partial charge in [-0.05, 0) is 97.3 Å². The number of carboxylic acid groups (broad SMARTS) is 1. The molecule has 91 heavy (non-hydrogen) atoms. The van der Waals surface area contributed by atoms with Crippen LogP contribution in [0.5, 0.6) is 0 Å². The second kappa shape index (κ2) is 33.9. The molecule has 0 bridgehead atoms. The Morgan fingerprint density at radius 2 is 1.14 bits per heavy atom. The molecule has 1 aliphatic heterocycles. The van der Waals surface area contributed by atoms with E-state index in [1.807, 2.05) is 50.5 Å². The zero-order chi connectivity index (χ0) is 64.6. The number of nitrogens with zero attached hydrogens (tertiary/aromatic N) is 10. The predicted molar refractivity (Wildman–Crippen MR) is 345 cm³/mol. The molecule has 12 rings (SSSR count). The average Bonchev–Trinajstić information content (AvgIpc) is 1.77. The highest BCUT2D eigenvalue weighted by molar-refractivity contribution is 8.01. The summed E-state index contributed by atoms with van der Waals surface area (Å²) < 4.78 is 10.7. The molecule has 462 valence electrons. The van der Waals surface area contributed by atoms with Gasteiger partial charge in [-0.1, -0.05) is 47.5 Å². The first-order valence-corrected chi connectivity index (χ1v) is 32.6. The summed E-state index contributed by atoms with van der Waals surface area (Å²) in [6, 6.07) is 21.3. The fourth-order valence-electron chi connectivity index (χ4n) is 8.21. The minimum atomic E-state index is -1.67. The standard InChI is InChI=1S/C20H17ClN2O4S2.C19H13ClN2O3S2.C9H8N2OS.C9H6N2OS.C5H4N2O2/c1-27-19(25)18(29-17-5-3-2-4-15(17)21)16(24)8-20(26,13-6-7-28-11-13)14-9-22-12-23-10-14;20-14-3-1-2-4-16(14)27-17-15(23)7-19(25-18(17)24,12-5-6-26-10-12)13-8-21-11-22-9-13;2*12-9(7-1-2-13-5-7)8-3-10-6-11-4-8;8-5(9)4-1-6-3-7-2-4/h2-7,9-12,18,26H,8H2,1H3;1-6,8-11,17H,7H2;1-6,9,12H;1-6H;1-3H,(H,8,9). The van der Waals surface area contributed by atoms with Gasteiger partial charge in [0.1, 0.15) is 43.3 Å². The number of ether oxygens (including phenoxy) is 2. The van der Waals surface area contributed by atoms with E-state index >= 15 is 0 Å². The molecule has 0 amide bonds. The number of benzene rings is 2. The van der Waals surface area contributed by atoms with Crippen molar-refractivity contribution >= 4 is 127 Å². The first-order chi connectivity index (χ1) is 44.1. The largest absolute Gasteiger partial charge is 0.478 e. The van der Waals surface area contributed by atoms with E-state index in [1.54, 1.807) is 101 Å². The van der Waals surface area contributed by atoms with Crippen LogP contribution in [0.3, 0.4) is 0 Å². The maximum atomic E-state index is 13.2. The summed E-state index contributed by atoms with van der Waals surface area (Å²) in [4.78, 5) is 113. The molecule has 3 N–H and O–H groups in total. The van der Waals surface area contributed by atoms with Gasteiger partial charge in [0.15, 0.2) is 33.5 Å². The molecule has 10 heterocycles. The number of Topliss-reactive ketones (excluding diaryl/α,β-unsaturated/α-hetero) is 2. The molecule has 5 atom stereocenters. The number of aromatic carboxylic acids is 1. The van der Waals surface area contributed by atoms with Crippen LogP contribution >= 0.6 is 92.1 Å². The maximum Gasteiger partial charge on any atom is 0.338 e. The van der Waals surface area contributed by atoms with Gasteiger partial charge in [0.05, 0.1) is 34.7 Å². The third kappa shape index (κ3) is 18.5. The van der Waals surface area contributed by atoms with E-state index in [2.05, 4.69) is 49.8 Å². The van der Waals surface area contributed by atoms with Crippen molar-refractivity contribution in [1.29, 1.82) is 0 Å². The number of rotatable bonds is 17. The number of thiophene rings is 4. The molecular formula is C62H48Cl2N10O11S6. The highest BCUT2D eigenvalue weighted by atomic mass is 35.5. The zero-order valence-electron chi connectivity index (χ0n) is 47.1. The second-order valence-corrected chi connectivity index (χ2v) is 24.8. The molecule has 9 aromatic heterocycles. The van der Waals surface area contributed by atoms with E-state index in [9.17, 15) is 39.0 Å². The SMILES string of the molecule is COC(=O)C(Sc1ccccc1Cl)C(=O)CC(O)(c1cncnc1)c1ccsc1.O=C(O)c1cncnc1.O=C(c1cncnc1)c1ccsc1.O=C1CC(c2cncnc2)(c2ccsc2)OC(=O)C1Sc1ccccc1Cl.OC(c1cncnc1)c1ccsc1.